The van der Waals surface area contributed by atoms with E-state index in [0.29, 0.717) is 5.84 Å². The molecule has 0 aliphatic heterocycles. The number of benzene rings is 1. The monoisotopic (exact) mass is 270 g/mol. The first-order valence-electron chi connectivity index (χ1n) is 4.95. The highest BCUT2D eigenvalue weighted by Crippen LogP contribution is 2.12. The second-order valence-corrected chi connectivity index (χ2v) is 4.02. The molecule has 0 bridgehead atoms. The molecule has 0 fully saturated rings. The third kappa shape index (κ3) is 2.96. The van der Waals surface area contributed by atoms with Gasteiger partial charge in [0.1, 0.15) is 0 Å². The van der Waals surface area contributed by atoms with Crippen LogP contribution in [0.1, 0.15) is 19.4 Å². The molecule has 3 nitrogen and oxygen atoms in total. The van der Waals surface area contributed by atoms with Crippen LogP contribution >= 0.6 is 15.9 Å². The van der Waals surface area contributed by atoms with E-state index in [4.69, 9.17) is 5.21 Å². The second-order valence-electron chi connectivity index (χ2n) is 3.10. The van der Waals surface area contributed by atoms with Crippen molar-refractivity contribution in [2.24, 2.45) is 5.16 Å². The summed E-state index contributed by atoms with van der Waals surface area (Å²) in [7, 11) is 0. The van der Waals surface area contributed by atoms with Gasteiger partial charge >= 0.3 is 0 Å². The van der Waals surface area contributed by atoms with Crippen molar-refractivity contribution in [3.8, 4) is 0 Å². The molecule has 0 saturated heterocycles. The van der Waals surface area contributed by atoms with Crippen molar-refractivity contribution in [3.05, 3.63) is 34.3 Å². The minimum absolute atomic E-state index is 0.618. The summed E-state index contributed by atoms with van der Waals surface area (Å²) in [5.74, 6) is 0.618. The Hall–Kier alpha value is -1.03. The molecular formula is C11H15BrN2O. The van der Waals surface area contributed by atoms with Crippen LogP contribution in [0.3, 0.4) is 0 Å². The van der Waals surface area contributed by atoms with Crippen LogP contribution in [-0.4, -0.2) is 29.0 Å². The van der Waals surface area contributed by atoms with E-state index in [-0.39, 0.29) is 0 Å². The highest BCUT2D eigenvalue weighted by atomic mass is 79.9. The number of halogens is 1. The van der Waals surface area contributed by atoms with E-state index in [2.05, 4.69) is 21.1 Å². The molecule has 0 atom stereocenters. The predicted octanol–water partition coefficient (Wildman–Crippen LogP) is 2.93. The highest BCUT2D eigenvalue weighted by molar-refractivity contribution is 9.10. The Kier molecular flexibility index (Phi) is 4.62. The Labute approximate surface area is 98.5 Å². The van der Waals surface area contributed by atoms with E-state index in [1.807, 2.05) is 43.0 Å². The minimum atomic E-state index is 0.618. The third-order valence-electron chi connectivity index (χ3n) is 2.26. The fourth-order valence-electron chi connectivity index (χ4n) is 1.43. The van der Waals surface area contributed by atoms with Gasteiger partial charge in [0.25, 0.3) is 0 Å². The zero-order valence-corrected chi connectivity index (χ0v) is 10.5. The van der Waals surface area contributed by atoms with E-state index in [1.54, 1.807) is 0 Å². The lowest BCUT2D eigenvalue weighted by atomic mass is 10.2. The lowest BCUT2D eigenvalue weighted by Gasteiger charge is -2.21. The molecule has 0 radical (unpaired) electrons. The Morgan fingerprint density at radius 2 is 1.80 bits per heavy atom. The van der Waals surface area contributed by atoms with Gasteiger partial charge in [-0.25, -0.2) is 0 Å². The highest BCUT2D eigenvalue weighted by Gasteiger charge is 2.10. The normalized spacial score (nSPS) is 11.5. The van der Waals surface area contributed by atoms with E-state index in [9.17, 15) is 0 Å². The summed E-state index contributed by atoms with van der Waals surface area (Å²) in [5, 5.41) is 12.4. The zero-order valence-electron chi connectivity index (χ0n) is 8.94. The van der Waals surface area contributed by atoms with Gasteiger partial charge < -0.3 is 10.1 Å². The first kappa shape index (κ1) is 12.0. The van der Waals surface area contributed by atoms with Crippen molar-refractivity contribution in [1.82, 2.24) is 4.90 Å². The minimum Gasteiger partial charge on any atom is -0.409 e. The Balaban J connectivity index is 2.97. The molecule has 0 aliphatic carbocycles. The van der Waals surface area contributed by atoms with Crippen LogP contribution in [0.25, 0.3) is 0 Å². The number of nitrogens with zero attached hydrogens (tertiary/aromatic N) is 2. The van der Waals surface area contributed by atoms with Gasteiger partial charge in [0.15, 0.2) is 5.84 Å². The van der Waals surface area contributed by atoms with Crippen molar-refractivity contribution in [1.29, 1.82) is 0 Å². The first-order valence-corrected chi connectivity index (χ1v) is 5.75. The lowest BCUT2D eigenvalue weighted by Crippen LogP contribution is -2.31. The lowest BCUT2D eigenvalue weighted by molar-refractivity contribution is 0.304. The summed E-state index contributed by atoms with van der Waals surface area (Å²) in [5.41, 5.74) is 0.921. The standard InChI is InChI=1S/C11H15BrN2O/c1-3-14(4-2)11(13-15)9-5-7-10(12)8-6-9/h5-8,15H,3-4H2,1-2H3/b13-11+. The number of oxime groups is 1. The van der Waals surface area contributed by atoms with E-state index < -0.39 is 0 Å². The number of amidine groups is 1. The number of hydrogen-bond acceptors (Lipinski definition) is 2. The summed E-state index contributed by atoms with van der Waals surface area (Å²) >= 11 is 3.37. The summed E-state index contributed by atoms with van der Waals surface area (Å²) in [4.78, 5) is 2.00. The fourth-order valence-corrected chi connectivity index (χ4v) is 1.69. The van der Waals surface area contributed by atoms with Crippen molar-refractivity contribution in [2.45, 2.75) is 13.8 Å². The summed E-state index contributed by atoms with van der Waals surface area (Å²) in [6, 6.07) is 7.73. The second kappa shape index (κ2) is 5.75. The molecule has 1 rings (SSSR count). The molecule has 0 saturated carbocycles. The predicted molar refractivity (Wildman–Crippen MR) is 65.4 cm³/mol. The molecule has 1 aromatic rings. The molecule has 0 spiro atoms. The van der Waals surface area contributed by atoms with Gasteiger partial charge in [0, 0.05) is 23.1 Å². The van der Waals surface area contributed by atoms with Crippen molar-refractivity contribution >= 4 is 21.8 Å². The van der Waals surface area contributed by atoms with Gasteiger partial charge in [0.05, 0.1) is 0 Å². The van der Waals surface area contributed by atoms with Crippen LogP contribution in [0.15, 0.2) is 33.9 Å². The van der Waals surface area contributed by atoms with Gasteiger partial charge in [-0.15, -0.1) is 0 Å². The largest absolute Gasteiger partial charge is 0.409 e. The van der Waals surface area contributed by atoms with E-state index in [1.165, 1.54) is 0 Å². The third-order valence-corrected chi connectivity index (χ3v) is 2.79. The van der Waals surface area contributed by atoms with E-state index in [0.717, 1.165) is 23.1 Å². The van der Waals surface area contributed by atoms with Gasteiger partial charge in [-0.2, -0.15) is 0 Å². The first-order chi connectivity index (χ1) is 7.22. The van der Waals surface area contributed by atoms with Gasteiger partial charge in [0.2, 0.25) is 0 Å². The van der Waals surface area contributed by atoms with Crippen molar-refractivity contribution in [2.75, 3.05) is 13.1 Å². The quantitative estimate of drug-likeness (QED) is 0.397. The molecule has 82 valence electrons. The summed E-state index contributed by atoms with van der Waals surface area (Å²) in [6.07, 6.45) is 0. The van der Waals surface area contributed by atoms with Crippen molar-refractivity contribution < 1.29 is 5.21 Å². The van der Waals surface area contributed by atoms with Crippen LogP contribution < -0.4 is 0 Å². The SMILES string of the molecule is CCN(CC)/C(=N/O)c1ccc(Br)cc1. The van der Waals surface area contributed by atoms with Crippen LogP contribution in [0, 0.1) is 0 Å². The fraction of sp³-hybridized carbons (Fsp3) is 0.364. The molecule has 0 heterocycles. The molecule has 15 heavy (non-hydrogen) atoms. The Morgan fingerprint density at radius 3 is 2.20 bits per heavy atom. The maximum Gasteiger partial charge on any atom is 0.175 e. The van der Waals surface area contributed by atoms with Crippen LogP contribution in [0.4, 0.5) is 0 Å². The maximum atomic E-state index is 9.02. The number of hydrogen-bond donors (Lipinski definition) is 1. The molecule has 0 amide bonds. The summed E-state index contributed by atoms with van der Waals surface area (Å²) < 4.78 is 1.02. The van der Waals surface area contributed by atoms with Crippen molar-refractivity contribution in [3.63, 3.8) is 0 Å². The summed E-state index contributed by atoms with van der Waals surface area (Å²) in [6.45, 7) is 5.72. The molecule has 1 aromatic carbocycles. The van der Waals surface area contributed by atoms with Gasteiger partial charge in [-0.05, 0) is 26.0 Å². The molecule has 0 aliphatic rings. The van der Waals surface area contributed by atoms with E-state index >= 15 is 0 Å². The molecule has 1 N–H and O–H groups in total. The van der Waals surface area contributed by atoms with Gasteiger partial charge in [-0.1, -0.05) is 33.2 Å². The Bertz CT molecular complexity index is 331. The molecule has 4 heteroatoms. The average molecular weight is 271 g/mol. The van der Waals surface area contributed by atoms with Crippen LogP contribution in [0.5, 0.6) is 0 Å². The van der Waals surface area contributed by atoms with Crippen LogP contribution in [0.2, 0.25) is 0 Å². The molecule has 0 aromatic heterocycles. The molecule has 0 unspecified atom stereocenters. The zero-order chi connectivity index (χ0) is 11.3. The molecular weight excluding hydrogens is 256 g/mol. The Morgan fingerprint density at radius 1 is 1.27 bits per heavy atom. The number of rotatable bonds is 3. The van der Waals surface area contributed by atoms with Gasteiger partial charge in [-0.3, -0.25) is 0 Å². The average Bonchev–Trinajstić information content (AvgIpc) is 2.27. The topological polar surface area (TPSA) is 35.8 Å². The maximum absolute atomic E-state index is 9.02. The smallest absolute Gasteiger partial charge is 0.175 e. The van der Waals surface area contributed by atoms with Crippen LogP contribution in [-0.2, 0) is 0 Å².